The van der Waals surface area contributed by atoms with Crippen LogP contribution in [-0.2, 0) is 52.8 Å². The summed E-state index contributed by atoms with van der Waals surface area (Å²) in [6.07, 6.45) is 4.56. The number of carbonyl (C=O) groups excluding carboxylic acids is 4. The van der Waals surface area contributed by atoms with Crippen LogP contribution < -0.4 is 15.6 Å². The Morgan fingerprint density at radius 2 is 1.78 bits per heavy atom. The van der Waals surface area contributed by atoms with Crippen molar-refractivity contribution >= 4 is 40.3 Å². The van der Waals surface area contributed by atoms with Crippen LogP contribution in [0.4, 0.5) is 5.69 Å². The molecule has 6 heterocycles. The number of nitrogens with zero attached hydrogens (tertiary/aromatic N) is 6. The van der Waals surface area contributed by atoms with E-state index in [1.165, 1.54) is 9.91 Å². The number of nitrogens with one attached hydrogen (secondary N) is 2. The quantitative estimate of drug-likeness (QED) is 0.0836. The number of ether oxygens (including phenoxy) is 3. The van der Waals surface area contributed by atoms with Gasteiger partial charge in [0.1, 0.15) is 30.0 Å². The highest BCUT2D eigenvalue weighted by Crippen LogP contribution is 2.43. The van der Waals surface area contributed by atoms with Crippen molar-refractivity contribution in [2.24, 2.45) is 11.3 Å². The van der Waals surface area contributed by atoms with Gasteiger partial charge in [-0.1, -0.05) is 69.3 Å². The summed E-state index contributed by atoms with van der Waals surface area (Å²) >= 11 is 0. The number of methoxy groups -OCH3 is 1. The van der Waals surface area contributed by atoms with Crippen LogP contribution in [0.3, 0.4) is 0 Å². The molecule has 0 saturated carbocycles. The number of carbonyl (C=O) groups is 4. The van der Waals surface area contributed by atoms with Crippen LogP contribution in [0, 0.1) is 11.3 Å². The molecule has 9 rings (SSSR count). The summed E-state index contributed by atoms with van der Waals surface area (Å²) in [5, 5.41) is 17.0. The number of hydrazine groups is 1. The van der Waals surface area contributed by atoms with E-state index >= 15 is 0 Å². The molecule has 2 aromatic heterocycles. The molecule has 0 spiro atoms. The number of amides is 3. The number of hydrogen-bond donors (Lipinski definition) is 3. The first kappa shape index (κ1) is 54.2. The minimum Gasteiger partial charge on any atom is -0.508 e. The van der Waals surface area contributed by atoms with Gasteiger partial charge in [0.25, 0.3) is 11.8 Å². The fourth-order valence-corrected chi connectivity index (χ4v) is 11.7. The summed E-state index contributed by atoms with van der Waals surface area (Å²) in [6.45, 7) is 19.2. The molecule has 0 aliphatic carbocycles. The maximum absolute atomic E-state index is 15.0. The lowest BCUT2D eigenvalue weighted by molar-refractivity contribution is -0.155. The summed E-state index contributed by atoms with van der Waals surface area (Å²) in [6, 6.07) is 20.5. The van der Waals surface area contributed by atoms with E-state index in [9.17, 15) is 24.3 Å². The molecule has 3 N–H and O–H groups in total. The summed E-state index contributed by atoms with van der Waals surface area (Å²) in [5.41, 5.74) is 11.7. The van der Waals surface area contributed by atoms with E-state index in [1.54, 1.807) is 32.4 Å². The number of phenols is 1. The Labute approximate surface area is 447 Å². The zero-order valence-corrected chi connectivity index (χ0v) is 45.5. The van der Waals surface area contributed by atoms with E-state index in [0.29, 0.717) is 44.4 Å². The first-order valence-corrected chi connectivity index (χ1v) is 27.0. The molecular weight excluding hydrogens is 961 g/mol. The highest BCUT2D eigenvalue weighted by Gasteiger charge is 2.43. The maximum Gasteiger partial charge on any atom is 0.324 e. The molecule has 3 fully saturated rings. The van der Waals surface area contributed by atoms with Gasteiger partial charge in [-0.15, -0.1) is 6.58 Å². The third-order valence-electron chi connectivity index (χ3n) is 16.1. The van der Waals surface area contributed by atoms with Crippen molar-refractivity contribution in [3.8, 4) is 28.1 Å². The number of phenolic OH excluding ortho intramolecular Hbond substituents is 1. The monoisotopic (exact) mass is 1040 g/mol. The molecule has 16 heteroatoms. The summed E-state index contributed by atoms with van der Waals surface area (Å²) in [7, 11) is 5.44. The molecule has 3 aromatic carbocycles. The van der Waals surface area contributed by atoms with Crippen LogP contribution in [0.15, 0.2) is 91.6 Å². The van der Waals surface area contributed by atoms with Gasteiger partial charge in [0.2, 0.25) is 5.91 Å². The second kappa shape index (κ2) is 22.9. The SMILES string of the molecule is C=C[C@@H](C)[C@@H](C(=O)N[C@H]1Cc2cc(O)cc(c2)-c2ccc3c(c2)c(c(-c2cc(N4CCN(C)CC4)cnc2[C@H](C)OC)n3CC)CC(C)(C)COC(=O)[C@@H]2CCCN(N2)C1=O)N(C)C(=O)[C@@H]1OCC[C@@H]1c1ccccc1. The highest BCUT2D eigenvalue weighted by molar-refractivity contribution is 5.96. The number of anilines is 1. The lowest BCUT2D eigenvalue weighted by atomic mass is 9.84. The number of aromatic nitrogens is 2. The Kier molecular flexibility index (Phi) is 16.4. The number of hydrogen-bond acceptors (Lipinski definition) is 12. The van der Waals surface area contributed by atoms with Gasteiger partial charge in [0, 0.05) is 100 Å². The molecule has 7 atom stereocenters. The third-order valence-corrected chi connectivity index (χ3v) is 16.1. The third kappa shape index (κ3) is 11.3. The van der Waals surface area contributed by atoms with Gasteiger partial charge < -0.3 is 43.9 Å². The molecule has 0 unspecified atom stereocenters. The fraction of sp³-hybridized carbons (Fsp3) is 0.483. The van der Waals surface area contributed by atoms with Crippen molar-refractivity contribution < 1.29 is 38.5 Å². The number of fused-ring (bicyclic) bond motifs is 6. The second-order valence-corrected chi connectivity index (χ2v) is 22.1. The van der Waals surface area contributed by atoms with Gasteiger partial charge in [-0.25, -0.2) is 5.43 Å². The molecule has 6 bridgehead atoms. The van der Waals surface area contributed by atoms with Crippen LogP contribution in [0.1, 0.15) is 88.3 Å². The Morgan fingerprint density at radius 1 is 1.01 bits per heavy atom. The summed E-state index contributed by atoms with van der Waals surface area (Å²) in [5.74, 6) is -2.60. The zero-order chi connectivity index (χ0) is 54.0. The number of rotatable bonds is 12. The molecular formula is C60H76N8O8. The molecule has 4 aliphatic rings. The van der Waals surface area contributed by atoms with Crippen molar-refractivity contribution in [1.29, 1.82) is 0 Å². The number of likely N-dealkylation sites (N-methyl/N-ethyl adjacent to an activating group) is 2. The van der Waals surface area contributed by atoms with Gasteiger partial charge in [-0.2, -0.15) is 0 Å². The van der Waals surface area contributed by atoms with Gasteiger partial charge in [0.15, 0.2) is 0 Å². The number of piperazine rings is 1. The molecule has 3 saturated heterocycles. The number of esters is 1. The second-order valence-electron chi connectivity index (χ2n) is 22.1. The minimum absolute atomic E-state index is 0.00961. The van der Waals surface area contributed by atoms with Gasteiger partial charge in [0.05, 0.1) is 36.0 Å². The van der Waals surface area contributed by atoms with Crippen molar-refractivity contribution in [3.63, 3.8) is 0 Å². The number of cyclic esters (lactones) is 1. The Bertz CT molecular complexity index is 2950. The van der Waals surface area contributed by atoms with E-state index in [-0.39, 0.29) is 43.3 Å². The smallest absolute Gasteiger partial charge is 0.324 e. The van der Waals surface area contributed by atoms with Crippen molar-refractivity contribution in [3.05, 3.63) is 114 Å². The van der Waals surface area contributed by atoms with Crippen molar-refractivity contribution in [1.82, 2.24) is 35.1 Å². The molecule has 4 aliphatic heterocycles. The number of pyridine rings is 1. The van der Waals surface area contributed by atoms with E-state index in [0.717, 1.165) is 82.0 Å². The average Bonchev–Trinajstić information content (AvgIpc) is 4.07. The molecule has 16 nitrogen and oxygen atoms in total. The summed E-state index contributed by atoms with van der Waals surface area (Å²) in [4.78, 5) is 69.8. The van der Waals surface area contributed by atoms with E-state index in [4.69, 9.17) is 19.2 Å². The van der Waals surface area contributed by atoms with E-state index in [2.05, 4.69) is 83.8 Å². The topological polar surface area (TPSA) is 171 Å². The maximum atomic E-state index is 15.0. The standard InChI is InChI=1S/C60H76N8O8/c1-10-37(3)53(65(8)58(72)55-45(21-27-75-55)40-16-13-12-14-17-40)56(70)62-50-30-39-28-42(31-44(69)29-39)41-19-20-51-46(32-41)48(34-60(5,6)36-76-59(73)49-18-15-22-68(63-49)57(50)71)54(67(51)11-2)47-33-43(35-61-52(47)38(4)74-9)66-25-23-64(7)24-26-66/h10,12-14,16-17,19-20,28-29,31-33,35,37-38,45,49-50,53,55,63,69H,1,11,15,18,21-27,30,34,36H2,2-9H3,(H,62,70)/t37-,38+,45-,49+,50+,53+,55-/m1/s1. The Morgan fingerprint density at radius 3 is 2.50 bits per heavy atom. The average molecular weight is 1040 g/mol. The first-order chi connectivity index (χ1) is 36.5. The van der Waals surface area contributed by atoms with Crippen LogP contribution >= 0.6 is 0 Å². The van der Waals surface area contributed by atoms with Gasteiger partial charge >= 0.3 is 5.97 Å². The predicted octanol–water partition coefficient (Wildman–Crippen LogP) is 7.43. The normalized spacial score (nSPS) is 22.6. The van der Waals surface area contributed by atoms with E-state index < -0.39 is 53.3 Å². The molecule has 0 radical (unpaired) electrons. The lowest BCUT2D eigenvalue weighted by Crippen LogP contribution is -2.62. The predicted molar refractivity (Wildman–Crippen MR) is 294 cm³/mol. The van der Waals surface area contributed by atoms with Gasteiger partial charge in [-0.3, -0.25) is 29.2 Å². The lowest BCUT2D eigenvalue weighted by Gasteiger charge is -2.37. The van der Waals surface area contributed by atoms with Crippen LogP contribution in [0.5, 0.6) is 5.75 Å². The largest absolute Gasteiger partial charge is 0.508 e. The Hall–Kier alpha value is -6.59. The first-order valence-electron chi connectivity index (χ1n) is 27.0. The highest BCUT2D eigenvalue weighted by atomic mass is 16.5. The van der Waals surface area contributed by atoms with Crippen molar-refractivity contribution in [2.75, 3.05) is 72.0 Å². The zero-order valence-electron chi connectivity index (χ0n) is 45.5. The van der Waals surface area contributed by atoms with Crippen LogP contribution in [-0.4, -0.2) is 145 Å². The molecule has 76 heavy (non-hydrogen) atoms. The number of aryl methyl sites for hydroxylation is 1. The van der Waals surface area contributed by atoms with Gasteiger partial charge in [-0.05, 0) is 105 Å². The fourth-order valence-electron chi connectivity index (χ4n) is 11.7. The molecule has 3 amide bonds. The summed E-state index contributed by atoms with van der Waals surface area (Å²) < 4.78 is 20.6. The Balaban J connectivity index is 1.13. The molecule has 404 valence electrons. The van der Waals surface area contributed by atoms with Crippen molar-refractivity contribution in [2.45, 2.75) is 110 Å². The number of aromatic hydroxyl groups is 1. The number of benzene rings is 3. The van der Waals surface area contributed by atoms with Crippen LogP contribution in [0.2, 0.25) is 0 Å². The molecule has 5 aromatic rings. The van der Waals surface area contributed by atoms with E-state index in [1.807, 2.05) is 56.4 Å². The van der Waals surface area contributed by atoms with Crippen LogP contribution in [0.25, 0.3) is 33.3 Å². The minimum atomic E-state index is -1.20.